The minimum Gasteiger partial charge on any atom is -0.351 e. The third-order valence-electron chi connectivity index (χ3n) is 5.75. The fraction of sp³-hybridized carbons (Fsp3) is 0.259. The first-order chi connectivity index (χ1) is 16.1. The topological polar surface area (TPSA) is 61.4 Å². The van der Waals surface area contributed by atoms with Gasteiger partial charge in [0.25, 0.3) is 11.8 Å². The van der Waals surface area contributed by atoms with Crippen LogP contribution in [0, 0.1) is 6.92 Å². The van der Waals surface area contributed by atoms with Gasteiger partial charge in [0.2, 0.25) is 0 Å². The summed E-state index contributed by atoms with van der Waals surface area (Å²) in [5, 5.41) is 7.73. The van der Waals surface area contributed by atoms with Crippen LogP contribution in [0.3, 0.4) is 0 Å². The van der Waals surface area contributed by atoms with Gasteiger partial charge >= 0.3 is 0 Å². The summed E-state index contributed by atoms with van der Waals surface area (Å²) in [4.78, 5) is 29.0. The van der Waals surface area contributed by atoms with Crippen LogP contribution in [0.15, 0.2) is 71.7 Å². The number of nitrogens with zero attached hydrogens (tertiary/aromatic N) is 1. The molecule has 0 saturated carbocycles. The first-order valence-electron chi connectivity index (χ1n) is 11.3. The van der Waals surface area contributed by atoms with Crippen molar-refractivity contribution in [3.05, 3.63) is 98.9 Å². The van der Waals surface area contributed by atoms with Gasteiger partial charge in [0.15, 0.2) is 0 Å². The number of thiophene rings is 1. The second-order valence-electron chi connectivity index (χ2n) is 8.30. The van der Waals surface area contributed by atoms with Crippen molar-refractivity contribution in [2.24, 2.45) is 0 Å². The molecule has 6 heteroatoms. The molecule has 2 heterocycles. The van der Waals surface area contributed by atoms with Crippen LogP contribution < -0.4 is 10.6 Å². The highest BCUT2D eigenvalue weighted by atomic mass is 32.1. The van der Waals surface area contributed by atoms with E-state index in [1.165, 1.54) is 22.5 Å². The van der Waals surface area contributed by atoms with Crippen molar-refractivity contribution in [1.82, 2.24) is 15.5 Å². The molecule has 1 aliphatic rings. The fourth-order valence-corrected chi connectivity index (χ4v) is 4.66. The maximum absolute atomic E-state index is 12.9. The second-order valence-corrected chi connectivity index (χ2v) is 9.28. The lowest BCUT2D eigenvalue weighted by atomic mass is 10.00. The van der Waals surface area contributed by atoms with Crippen LogP contribution in [-0.4, -0.2) is 36.3 Å². The molecule has 3 aromatic rings. The molecule has 5 nitrogen and oxygen atoms in total. The van der Waals surface area contributed by atoms with Crippen molar-refractivity contribution in [3.63, 3.8) is 0 Å². The number of fused-ring (bicyclic) bond motifs is 1. The summed E-state index contributed by atoms with van der Waals surface area (Å²) in [6.07, 6.45) is 3.66. The number of carbonyl (C=O) groups excluding carboxylic acids is 2. The normalized spacial score (nSPS) is 13.9. The smallest absolute Gasteiger partial charge is 0.267 e. The van der Waals surface area contributed by atoms with Crippen molar-refractivity contribution in [3.8, 4) is 0 Å². The molecular weight excluding hydrogens is 430 g/mol. The van der Waals surface area contributed by atoms with Gasteiger partial charge in [0, 0.05) is 36.6 Å². The number of aryl methyl sites for hydroxylation is 1. The van der Waals surface area contributed by atoms with Gasteiger partial charge in [-0.25, -0.2) is 0 Å². The van der Waals surface area contributed by atoms with E-state index in [0.29, 0.717) is 12.1 Å². The molecule has 2 amide bonds. The predicted octanol–water partition coefficient (Wildman–Crippen LogP) is 4.39. The molecule has 0 fully saturated rings. The maximum atomic E-state index is 12.9. The van der Waals surface area contributed by atoms with Gasteiger partial charge < -0.3 is 10.6 Å². The first-order valence-corrected chi connectivity index (χ1v) is 12.2. The summed E-state index contributed by atoms with van der Waals surface area (Å²) >= 11 is 1.52. The van der Waals surface area contributed by atoms with Gasteiger partial charge in [0.05, 0.1) is 0 Å². The van der Waals surface area contributed by atoms with E-state index in [-0.39, 0.29) is 17.5 Å². The molecule has 0 unspecified atom stereocenters. The zero-order valence-electron chi connectivity index (χ0n) is 18.8. The minimum absolute atomic E-state index is 0.260. The molecule has 0 radical (unpaired) electrons. The molecule has 2 aromatic carbocycles. The standard InChI is InChI=1S/C27H29N3O2S/c1-20-7-4-10-22(17-20)26(31)29-25(18-24-11-5-16-33-24)27(32)28-13-6-14-30-15-12-21-8-2-3-9-23(21)19-30/h2-5,7-11,16-18H,6,12-15,19H2,1H3,(H,28,32)(H,29,31)/b25-18-. The highest BCUT2D eigenvalue weighted by Crippen LogP contribution is 2.18. The Balaban J connectivity index is 1.32. The Morgan fingerprint density at radius 3 is 2.70 bits per heavy atom. The van der Waals surface area contributed by atoms with Crippen molar-refractivity contribution in [2.75, 3.05) is 19.6 Å². The molecule has 2 N–H and O–H groups in total. The lowest BCUT2D eigenvalue weighted by molar-refractivity contribution is -0.117. The zero-order chi connectivity index (χ0) is 23.0. The number of amides is 2. The van der Waals surface area contributed by atoms with Crippen LogP contribution in [0.5, 0.6) is 0 Å². The minimum atomic E-state index is -0.288. The van der Waals surface area contributed by atoms with Crippen molar-refractivity contribution in [1.29, 1.82) is 0 Å². The molecule has 0 saturated heterocycles. The van der Waals surface area contributed by atoms with Crippen molar-refractivity contribution in [2.45, 2.75) is 26.3 Å². The van der Waals surface area contributed by atoms with E-state index < -0.39 is 0 Å². The molecule has 1 aromatic heterocycles. The van der Waals surface area contributed by atoms with Gasteiger partial charge in [-0.05, 0) is 60.5 Å². The summed E-state index contributed by atoms with van der Waals surface area (Å²) in [6, 6.07) is 19.8. The van der Waals surface area contributed by atoms with E-state index >= 15 is 0 Å². The summed E-state index contributed by atoms with van der Waals surface area (Å²) in [5.41, 5.74) is 4.62. The van der Waals surface area contributed by atoms with Crippen LogP contribution >= 0.6 is 11.3 Å². The van der Waals surface area contributed by atoms with Gasteiger partial charge in [-0.1, -0.05) is 48.0 Å². The quantitative estimate of drug-likeness (QED) is 0.388. The summed E-state index contributed by atoms with van der Waals surface area (Å²) in [5.74, 6) is -0.558. The predicted molar refractivity (Wildman–Crippen MR) is 134 cm³/mol. The molecule has 0 aliphatic carbocycles. The Morgan fingerprint density at radius 2 is 1.91 bits per heavy atom. The number of benzene rings is 2. The molecule has 0 bridgehead atoms. The van der Waals surface area contributed by atoms with Gasteiger partial charge in [-0.2, -0.15) is 0 Å². The molecule has 1 aliphatic heterocycles. The molecular formula is C27H29N3O2S. The number of hydrogen-bond donors (Lipinski definition) is 2. The summed E-state index contributed by atoms with van der Waals surface area (Å²) in [6.45, 7) is 5.42. The van der Waals surface area contributed by atoms with E-state index in [9.17, 15) is 9.59 Å². The van der Waals surface area contributed by atoms with Crippen LogP contribution in [0.1, 0.15) is 38.3 Å². The van der Waals surface area contributed by atoms with Gasteiger partial charge in [0.1, 0.15) is 5.70 Å². The second kappa shape index (κ2) is 11.1. The monoisotopic (exact) mass is 459 g/mol. The van der Waals surface area contributed by atoms with Crippen LogP contribution in [0.25, 0.3) is 6.08 Å². The largest absolute Gasteiger partial charge is 0.351 e. The third-order valence-corrected chi connectivity index (χ3v) is 6.57. The zero-order valence-corrected chi connectivity index (χ0v) is 19.7. The highest BCUT2D eigenvalue weighted by molar-refractivity contribution is 7.10. The number of carbonyl (C=O) groups is 2. The highest BCUT2D eigenvalue weighted by Gasteiger charge is 2.17. The number of nitrogens with one attached hydrogen (secondary N) is 2. The van der Waals surface area contributed by atoms with Crippen molar-refractivity contribution >= 4 is 29.2 Å². The fourth-order valence-electron chi connectivity index (χ4n) is 4.00. The van der Waals surface area contributed by atoms with E-state index in [2.05, 4.69) is 39.8 Å². The molecule has 33 heavy (non-hydrogen) atoms. The van der Waals surface area contributed by atoms with E-state index in [4.69, 9.17) is 0 Å². The Bertz CT molecular complexity index is 1140. The number of hydrogen-bond acceptors (Lipinski definition) is 4. The molecule has 0 atom stereocenters. The van der Waals surface area contributed by atoms with E-state index in [1.807, 2.05) is 42.6 Å². The van der Waals surface area contributed by atoms with Crippen molar-refractivity contribution < 1.29 is 9.59 Å². The maximum Gasteiger partial charge on any atom is 0.267 e. The Hall–Kier alpha value is -3.22. The molecule has 0 spiro atoms. The Morgan fingerprint density at radius 1 is 1.06 bits per heavy atom. The van der Waals surface area contributed by atoms with Crippen LogP contribution in [0.4, 0.5) is 0 Å². The lowest BCUT2D eigenvalue weighted by Gasteiger charge is -2.28. The Kier molecular flexibility index (Phi) is 7.70. The lowest BCUT2D eigenvalue weighted by Crippen LogP contribution is -2.37. The first kappa shape index (κ1) is 23.0. The number of rotatable bonds is 8. The van der Waals surface area contributed by atoms with Gasteiger partial charge in [-0.15, -0.1) is 11.3 Å². The van der Waals surface area contributed by atoms with Crippen LogP contribution in [-0.2, 0) is 17.8 Å². The van der Waals surface area contributed by atoms with E-state index in [1.54, 1.807) is 12.1 Å². The third kappa shape index (κ3) is 6.40. The summed E-state index contributed by atoms with van der Waals surface area (Å²) < 4.78 is 0. The summed E-state index contributed by atoms with van der Waals surface area (Å²) in [7, 11) is 0. The Labute approximate surface area is 199 Å². The SMILES string of the molecule is Cc1cccc(C(=O)N/C(=C\c2cccs2)C(=O)NCCCN2CCc3ccccc3C2)c1. The van der Waals surface area contributed by atoms with Crippen LogP contribution in [0.2, 0.25) is 0 Å². The average Bonchev–Trinajstić information content (AvgIpc) is 3.34. The molecule has 170 valence electrons. The van der Waals surface area contributed by atoms with Gasteiger partial charge in [-0.3, -0.25) is 14.5 Å². The van der Waals surface area contributed by atoms with E-state index in [0.717, 1.165) is 42.9 Å². The average molecular weight is 460 g/mol. The molecule has 4 rings (SSSR count).